The lowest BCUT2D eigenvalue weighted by Crippen LogP contribution is -2.10. The molecule has 0 unspecified atom stereocenters. The molecule has 0 fully saturated rings. The molecule has 0 N–H and O–H groups in total. The SMILES string of the molecule is c1ccc(-c2cccc(-c3ccc(-c4cc(-c5ccccc5)cc(-c5nc(-n6c7ccccc7c7ccccc76)nc(-n6c7ccccc7c7ccccc76)n5)c4)cc3)c2)cc1. The van der Waals surface area contributed by atoms with Crippen LogP contribution < -0.4 is 0 Å². The van der Waals surface area contributed by atoms with Gasteiger partial charge in [-0.2, -0.15) is 15.0 Å². The Balaban J connectivity index is 1.07. The number of hydrogen-bond donors (Lipinski definition) is 0. The van der Waals surface area contributed by atoms with Gasteiger partial charge in [0, 0.05) is 27.1 Å². The Morgan fingerprint density at radius 3 is 0.968 bits per heavy atom. The van der Waals surface area contributed by atoms with Crippen LogP contribution in [0.4, 0.5) is 0 Å². The Labute approximate surface area is 358 Å². The summed E-state index contributed by atoms with van der Waals surface area (Å²) in [5, 5.41) is 4.58. The first-order valence-corrected chi connectivity index (χ1v) is 20.9. The van der Waals surface area contributed by atoms with Crippen molar-refractivity contribution in [3.8, 4) is 67.8 Å². The highest BCUT2D eigenvalue weighted by molar-refractivity contribution is 6.10. The molecule has 9 aromatic carbocycles. The van der Waals surface area contributed by atoms with Crippen LogP contribution in [0.3, 0.4) is 0 Å². The van der Waals surface area contributed by atoms with Gasteiger partial charge in [0.15, 0.2) is 5.82 Å². The van der Waals surface area contributed by atoms with Crippen molar-refractivity contribution in [3.63, 3.8) is 0 Å². The molecule has 0 aliphatic rings. The molecule has 0 aliphatic heterocycles. The van der Waals surface area contributed by atoms with Crippen molar-refractivity contribution < 1.29 is 0 Å². The van der Waals surface area contributed by atoms with Crippen molar-refractivity contribution in [2.24, 2.45) is 0 Å². The summed E-state index contributed by atoms with van der Waals surface area (Å²) in [7, 11) is 0. The van der Waals surface area contributed by atoms with E-state index in [1.165, 1.54) is 16.7 Å². The molecular weight excluding hydrogens is 755 g/mol. The zero-order chi connectivity index (χ0) is 41.0. The van der Waals surface area contributed by atoms with Gasteiger partial charge < -0.3 is 0 Å². The van der Waals surface area contributed by atoms with E-state index in [2.05, 4.69) is 234 Å². The molecule has 5 heteroatoms. The minimum Gasteiger partial charge on any atom is -0.278 e. The van der Waals surface area contributed by atoms with Crippen LogP contribution in [-0.4, -0.2) is 24.1 Å². The molecule has 5 nitrogen and oxygen atoms in total. The second kappa shape index (κ2) is 14.7. The van der Waals surface area contributed by atoms with E-state index in [4.69, 9.17) is 15.0 Å². The van der Waals surface area contributed by atoms with Crippen molar-refractivity contribution >= 4 is 43.6 Å². The summed E-state index contributed by atoms with van der Waals surface area (Å²) in [5.41, 5.74) is 14.1. The highest BCUT2D eigenvalue weighted by Crippen LogP contribution is 2.37. The normalized spacial score (nSPS) is 11.5. The third kappa shape index (κ3) is 6.06. The van der Waals surface area contributed by atoms with Gasteiger partial charge in [-0.1, -0.05) is 176 Å². The Morgan fingerprint density at radius 1 is 0.226 bits per heavy atom. The van der Waals surface area contributed by atoms with Gasteiger partial charge in [-0.15, -0.1) is 0 Å². The average Bonchev–Trinajstić information content (AvgIpc) is 3.88. The fourth-order valence-corrected chi connectivity index (χ4v) is 9.04. The Hall–Kier alpha value is -8.41. The van der Waals surface area contributed by atoms with E-state index in [0.29, 0.717) is 17.7 Å². The second-order valence-electron chi connectivity index (χ2n) is 15.7. The molecule has 0 saturated heterocycles. The zero-order valence-electron chi connectivity index (χ0n) is 33.6. The van der Waals surface area contributed by atoms with Crippen molar-refractivity contribution in [2.45, 2.75) is 0 Å². The third-order valence-electron chi connectivity index (χ3n) is 12.0. The minimum absolute atomic E-state index is 0.554. The summed E-state index contributed by atoms with van der Waals surface area (Å²) in [5.74, 6) is 1.69. The minimum atomic E-state index is 0.554. The molecule has 0 amide bonds. The molecule has 0 radical (unpaired) electrons. The first-order chi connectivity index (χ1) is 30.7. The molecule has 290 valence electrons. The van der Waals surface area contributed by atoms with Crippen LogP contribution in [0.2, 0.25) is 0 Å². The summed E-state index contributed by atoms with van der Waals surface area (Å²) in [6, 6.07) is 79.4. The molecule has 0 spiro atoms. The lowest BCUT2D eigenvalue weighted by atomic mass is 9.94. The van der Waals surface area contributed by atoms with Crippen LogP contribution in [0, 0.1) is 0 Å². The molecular formula is C57H37N5. The number of rotatable bonds is 7. The first-order valence-electron chi connectivity index (χ1n) is 20.9. The fraction of sp³-hybridized carbons (Fsp3) is 0. The molecule has 3 aromatic heterocycles. The lowest BCUT2D eigenvalue weighted by Gasteiger charge is -2.14. The van der Waals surface area contributed by atoms with Crippen molar-refractivity contribution in [3.05, 3.63) is 224 Å². The lowest BCUT2D eigenvalue weighted by molar-refractivity contribution is 0.893. The highest BCUT2D eigenvalue weighted by atomic mass is 15.3. The van der Waals surface area contributed by atoms with E-state index in [0.717, 1.165) is 77.0 Å². The molecule has 12 rings (SSSR count). The van der Waals surface area contributed by atoms with E-state index >= 15 is 0 Å². The van der Waals surface area contributed by atoms with E-state index in [1.807, 2.05) is 0 Å². The van der Waals surface area contributed by atoms with Gasteiger partial charge >= 0.3 is 0 Å². The van der Waals surface area contributed by atoms with Gasteiger partial charge in [-0.25, -0.2) is 0 Å². The summed E-state index contributed by atoms with van der Waals surface area (Å²) >= 11 is 0. The van der Waals surface area contributed by atoms with Crippen LogP contribution in [0.1, 0.15) is 0 Å². The highest BCUT2D eigenvalue weighted by Gasteiger charge is 2.21. The average molecular weight is 792 g/mol. The van der Waals surface area contributed by atoms with Gasteiger partial charge in [0.05, 0.1) is 22.1 Å². The summed E-state index contributed by atoms with van der Waals surface area (Å²) in [6.45, 7) is 0. The molecule has 3 heterocycles. The number of fused-ring (bicyclic) bond motifs is 6. The summed E-state index contributed by atoms with van der Waals surface area (Å²) in [6.07, 6.45) is 0. The standard InChI is InChI=1S/C57H37N5/c1-3-16-38(17-4-1)42-20-15-21-43(34-42)40-30-32-41(33-31-40)45-35-44(39-18-5-2-6-19-39)36-46(37-45)55-58-56(61-51-26-11-7-22-47(51)48-23-8-12-27-52(48)61)60-57(59-55)62-53-28-13-9-24-49(53)50-25-10-14-29-54(50)62/h1-37H. The molecule has 0 aliphatic carbocycles. The third-order valence-corrected chi connectivity index (χ3v) is 12.0. The predicted octanol–water partition coefficient (Wildman–Crippen LogP) is 14.4. The van der Waals surface area contributed by atoms with Crippen LogP contribution in [0.5, 0.6) is 0 Å². The molecule has 0 saturated carbocycles. The van der Waals surface area contributed by atoms with Crippen LogP contribution >= 0.6 is 0 Å². The number of benzene rings is 9. The largest absolute Gasteiger partial charge is 0.278 e. The van der Waals surface area contributed by atoms with Gasteiger partial charge in [-0.3, -0.25) is 9.13 Å². The smallest absolute Gasteiger partial charge is 0.240 e. The topological polar surface area (TPSA) is 48.5 Å². The van der Waals surface area contributed by atoms with Crippen LogP contribution in [-0.2, 0) is 0 Å². The Morgan fingerprint density at radius 2 is 0.532 bits per heavy atom. The summed E-state index contributed by atoms with van der Waals surface area (Å²) < 4.78 is 4.36. The monoisotopic (exact) mass is 791 g/mol. The number of aromatic nitrogens is 5. The van der Waals surface area contributed by atoms with Crippen LogP contribution in [0.25, 0.3) is 111 Å². The van der Waals surface area contributed by atoms with Gasteiger partial charge in [0.2, 0.25) is 11.9 Å². The van der Waals surface area contributed by atoms with E-state index < -0.39 is 0 Å². The van der Waals surface area contributed by atoms with Gasteiger partial charge in [0.25, 0.3) is 0 Å². The molecule has 62 heavy (non-hydrogen) atoms. The van der Waals surface area contributed by atoms with Crippen molar-refractivity contribution in [2.75, 3.05) is 0 Å². The maximum Gasteiger partial charge on any atom is 0.240 e. The van der Waals surface area contributed by atoms with E-state index in [9.17, 15) is 0 Å². The maximum absolute atomic E-state index is 5.40. The van der Waals surface area contributed by atoms with Crippen molar-refractivity contribution in [1.82, 2.24) is 24.1 Å². The molecule has 12 aromatic rings. The Bertz CT molecular complexity index is 3380. The second-order valence-corrected chi connectivity index (χ2v) is 15.7. The first kappa shape index (κ1) is 35.5. The predicted molar refractivity (Wildman–Crippen MR) is 256 cm³/mol. The quantitative estimate of drug-likeness (QED) is 0.162. The summed E-state index contributed by atoms with van der Waals surface area (Å²) in [4.78, 5) is 16.2. The molecule has 0 atom stereocenters. The molecule has 0 bridgehead atoms. The van der Waals surface area contributed by atoms with Gasteiger partial charge in [-0.05, 0) is 93.0 Å². The number of nitrogens with zero attached hydrogens (tertiary/aromatic N) is 5. The zero-order valence-corrected chi connectivity index (χ0v) is 33.6. The fourth-order valence-electron chi connectivity index (χ4n) is 9.04. The Kier molecular flexibility index (Phi) is 8.42. The number of para-hydroxylation sites is 4. The number of hydrogen-bond acceptors (Lipinski definition) is 3. The van der Waals surface area contributed by atoms with E-state index in [-0.39, 0.29) is 0 Å². The van der Waals surface area contributed by atoms with E-state index in [1.54, 1.807) is 0 Å². The van der Waals surface area contributed by atoms with Crippen molar-refractivity contribution in [1.29, 1.82) is 0 Å². The maximum atomic E-state index is 5.40. The van der Waals surface area contributed by atoms with Crippen LogP contribution in [0.15, 0.2) is 224 Å². The van der Waals surface area contributed by atoms with Gasteiger partial charge in [0.1, 0.15) is 0 Å².